The number of carbonyl (C=O) groups excluding carboxylic acids is 1. The molecule has 0 fully saturated rings. The van der Waals surface area contributed by atoms with Gasteiger partial charge in [-0.1, -0.05) is 66.7 Å². The Balaban J connectivity index is 1.71. The van der Waals surface area contributed by atoms with E-state index in [4.69, 9.17) is 15.7 Å². The molecule has 0 saturated heterocycles. The second-order valence-electron chi connectivity index (χ2n) is 7.27. The maximum Gasteiger partial charge on any atom is 0.240 e. The summed E-state index contributed by atoms with van der Waals surface area (Å²) >= 11 is 0. The smallest absolute Gasteiger partial charge is 0.240 e. The number of benzene rings is 3. The van der Waals surface area contributed by atoms with Gasteiger partial charge in [0.25, 0.3) is 0 Å². The van der Waals surface area contributed by atoms with Crippen molar-refractivity contribution in [1.82, 2.24) is 9.97 Å². The van der Waals surface area contributed by atoms with Crippen LogP contribution in [-0.2, 0) is 17.8 Å². The van der Waals surface area contributed by atoms with Gasteiger partial charge in [0.05, 0.1) is 5.52 Å². The Morgan fingerprint density at radius 3 is 2.34 bits per heavy atom. The standard InChI is InChI=1S/C24H20N4O/c25-22(29)21-14-17-10-4-5-11-18(17)15-28(21)24-19-12-6-7-13-20(19)26-23(27-24)16-8-2-1-3-9-16/h1-13,21H,14-15H2,(H2,25,29)/t21-/m0/s1. The lowest BCUT2D eigenvalue weighted by molar-refractivity contribution is -0.119. The molecule has 0 unspecified atom stereocenters. The van der Waals surface area contributed by atoms with Crippen LogP contribution < -0.4 is 10.6 Å². The van der Waals surface area contributed by atoms with Gasteiger partial charge < -0.3 is 10.6 Å². The number of para-hydroxylation sites is 1. The zero-order valence-electron chi connectivity index (χ0n) is 15.8. The predicted molar refractivity (Wildman–Crippen MR) is 114 cm³/mol. The lowest BCUT2D eigenvalue weighted by atomic mass is 9.93. The summed E-state index contributed by atoms with van der Waals surface area (Å²) in [6, 6.07) is 25.5. The molecule has 1 atom stereocenters. The van der Waals surface area contributed by atoms with Gasteiger partial charge in [0.2, 0.25) is 5.91 Å². The van der Waals surface area contributed by atoms with Crippen molar-refractivity contribution in [3.63, 3.8) is 0 Å². The molecule has 0 bridgehead atoms. The highest BCUT2D eigenvalue weighted by Gasteiger charge is 2.32. The molecule has 1 aliphatic rings. The Hall–Kier alpha value is -3.73. The monoisotopic (exact) mass is 380 g/mol. The predicted octanol–water partition coefficient (Wildman–Crippen LogP) is 3.71. The molecule has 0 radical (unpaired) electrons. The molecule has 4 aromatic rings. The van der Waals surface area contributed by atoms with Crippen molar-refractivity contribution in [2.45, 2.75) is 19.0 Å². The minimum atomic E-state index is -0.452. The number of hydrogen-bond acceptors (Lipinski definition) is 4. The van der Waals surface area contributed by atoms with Crippen LogP contribution in [0.2, 0.25) is 0 Å². The summed E-state index contributed by atoms with van der Waals surface area (Å²) in [6.45, 7) is 0.582. The van der Waals surface area contributed by atoms with Crippen LogP contribution in [0, 0.1) is 0 Å². The molecule has 0 aliphatic carbocycles. The van der Waals surface area contributed by atoms with Crippen LogP contribution >= 0.6 is 0 Å². The molecule has 3 aromatic carbocycles. The molecule has 1 amide bonds. The van der Waals surface area contributed by atoms with E-state index in [0.29, 0.717) is 18.8 Å². The summed E-state index contributed by atoms with van der Waals surface area (Å²) < 4.78 is 0. The number of amides is 1. The average Bonchev–Trinajstić information content (AvgIpc) is 2.78. The van der Waals surface area contributed by atoms with E-state index in [1.807, 2.05) is 71.6 Å². The average molecular weight is 380 g/mol. The van der Waals surface area contributed by atoms with Crippen LogP contribution in [0.5, 0.6) is 0 Å². The summed E-state index contributed by atoms with van der Waals surface area (Å²) in [5.41, 5.74) is 9.95. The number of nitrogens with two attached hydrogens (primary N) is 1. The number of hydrogen-bond donors (Lipinski definition) is 1. The molecule has 5 nitrogen and oxygen atoms in total. The van der Waals surface area contributed by atoms with E-state index in [1.54, 1.807) is 0 Å². The van der Waals surface area contributed by atoms with Crippen LogP contribution in [0.1, 0.15) is 11.1 Å². The molecule has 0 saturated carbocycles. The van der Waals surface area contributed by atoms with Crippen molar-refractivity contribution in [3.05, 3.63) is 90.0 Å². The summed E-state index contributed by atoms with van der Waals surface area (Å²) in [5, 5.41) is 0.915. The fourth-order valence-electron chi connectivity index (χ4n) is 3.99. The van der Waals surface area contributed by atoms with Gasteiger partial charge in [-0.05, 0) is 23.3 Å². The van der Waals surface area contributed by atoms with Crippen molar-refractivity contribution < 1.29 is 4.79 Å². The third-order valence-corrected chi connectivity index (χ3v) is 5.46. The van der Waals surface area contributed by atoms with E-state index in [0.717, 1.165) is 27.8 Å². The van der Waals surface area contributed by atoms with Gasteiger partial charge in [-0.3, -0.25) is 4.79 Å². The Morgan fingerprint density at radius 2 is 1.55 bits per heavy atom. The number of primary amides is 1. The Bertz CT molecular complexity index is 1210. The zero-order valence-corrected chi connectivity index (χ0v) is 15.8. The van der Waals surface area contributed by atoms with Crippen LogP contribution in [0.15, 0.2) is 78.9 Å². The van der Waals surface area contributed by atoms with E-state index < -0.39 is 6.04 Å². The molecular formula is C24H20N4O. The summed E-state index contributed by atoms with van der Waals surface area (Å²) in [6.07, 6.45) is 0.574. The van der Waals surface area contributed by atoms with Crippen LogP contribution in [-0.4, -0.2) is 21.9 Å². The van der Waals surface area contributed by atoms with Gasteiger partial charge in [-0.25, -0.2) is 9.97 Å². The maximum atomic E-state index is 12.4. The Morgan fingerprint density at radius 1 is 0.862 bits per heavy atom. The fourth-order valence-corrected chi connectivity index (χ4v) is 3.99. The van der Waals surface area contributed by atoms with E-state index in [2.05, 4.69) is 12.1 Å². The van der Waals surface area contributed by atoms with Crippen LogP contribution in [0.4, 0.5) is 5.82 Å². The second-order valence-corrected chi connectivity index (χ2v) is 7.27. The number of fused-ring (bicyclic) bond motifs is 2. The highest BCUT2D eigenvalue weighted by Crippen LogP contribution is 2.33. The lowest BCUT2D eigenvalue weighted by Gasteiger charge is -2.36. The van der Waals surface area contributed by atoms with Gasteiger partial charge in [0, 0.05) is 23.9 Å². The minimum Gasteiger partial charge on any atom is -0.368 e. The number of anilines is 1. The largest absolute Gasteiger partial charge is 0.368 e. The van der Waals surface area contributed by atoms with Crippen molar-refractivity contribution >= 4 is 22.6 Å². The number of carbonyl (C=O) groups is 1. The van der Waals surface area contributed by atoms with E-state index in [-0.39, 0.29) is 5.91 Å². The summed E-state index contributed by atoms with van der Waals surface area (Å²) in [7, 11) is 0. The molecule has 5 rings (SSSR count). The molecule has 1 aliphatic heterocycles. The van der Waals surface area contributed by atoms with Gasteiger partial charge in [0.1, 0.15) is 11.9 Å². The first-order valence-electron chi connectivity index (χ1n) is 9.65. The van der Waals surface area contributed by atoms with E-state index >= 15 is 0 Å². The summed E-state index contributed by atoms with van der Waals surface area (Å²) in [4.78, 5) is 24.1. The Kier molecular flexibility index (Phi) is 4.21. The highest BCUT2D eigenvalue weighted by molar-refractivity contribution is 5.94. The number of aromatic nitrogens is 2. The van der Waals surface area contributed by atoms with Crippen molar-refractivity contribution in [2.75, 3.05) is 4.90 Å². The van der Waals surface area contributed by atoms with E-state index in [9.17, 15) is 4.79 Å². The normalized spacial score (nSPS) is 15.9. The first-order valence-corrected chi connectivity index (χ1v) is 9.65. The van der Waals surface area contributed by atoms with Crippen molar-refractivity contribution in [2.24, 2.45) is 5.73 Å². The van der Waals surface area contributed by atoms with Gasteiger partial charge in [-0.2, -0.15) is 0 Å². The quantitative estimate of drug-likeness (QED) is 0.588. The molecule has 0 spiro atoms. The third-order valence-electron chi connectivity index (χ3n) is 5.46. The summed E-state index contributed by atoms with van der Waals surface area (Å²) in [5.74, 6) is 1.04. The second kappa shape index (κ2) is 7.02. The highest BCUT2D eigenvalue weighted by atomic mass is 16.1. The van der Waals surface area contributed by atoms with Gasteiger partial charge in [-0.15, -0.1) is 0 Å². The van der Waals surface area contributed by atoms with E-state index in [1.165, 1.54) is 5.56 Å². The first-order chi connectivity index (χ1) is 14.2. The van der Waals surface area contributed by atoms with Gasteiger partial charge >= 0.3 is 0 Å². The maximum absolute atomic E-state index is 12.4. The number of rotatable bonds is 3. The SMILES string of the molecule is NC(=O)[C@@H]1Cc2ccccc2CN1c1nc(-c2ccccc2)nc2ccccc12. The molecular weight excluding hydrogens is 360 g/mol. The van der Waals surface area contributed by atoms with Crippen LogP contribution in [0.25, 0.3) is 22.3 Å². The van der Waals surface area contributed by atoms with Crippen molar-refractivity contribution in [3.8, 4) is 11.4 Å². The van der Waals surface area contributed by atoms with Gasteiger partial charge in [0.15, 0.2) is 5.82 Å². The minimum absolute atomic E-state index is 0.344. The van der Waals surface area contributed by atoms with Crippen LogP contribution in [0.3, 0.4) is 0 Å². The van der Waals surface area contributed by atoms with Crippen molar-refractivity contribution in [1.29, 1.82) is 0 Å². The first kappa shape index (κ1) is 17.4. The molecule has 1 aromatic heterocycles. The number of nitrogens with zero attached hydrogens (tertiary/aromatic N) is 3. The molecule has 2 N–H and O–H groups in total. The fraction of sp³-hybridized carbons (Fsp3) is 0.125. The lowest BCUT2D eigenvalue weighted by Crippen LogP contribution is -2.49. The topological polar surface area (TPSA) is 72.1 Å². The zero-order chi connectivity index (χ0) is 19.8. The molecule has 2 heterocycles. The Labute approximate surface area is 168 Å². The molecule has 5 heteroatoms. The molecule has 29 heavy (non-hydrogen) atoms. The third kappa shape index (κ3) is 3.10. The molecule has 142 valence electrons.